The molecule has 1 aromatic rings. The first-order chi connectivity index (χ1) is 8.96. The molecule has 2 rings (SSSR count). The van der Waals surface area contributed by atoms with Crippen molar-refractivity contribution in [3.63, 3.8) is 0 Å². The predicted molar refractivity (Wildman–Crippen MR) is 70.7 cm³/mol. The van der Waals surface area contributed by atoms with Gasteiger partial charge in [-0.2, -0.15) is 0 Å². The first-order valence-electron chi connectivity index (χ1n) is 6.78. The van der Waals surface area contributed by atoms with E-state index in [9.17, 15) is 9.90 Å². The summed E-state index contributed by atoms with van der Waals surface area (Å²) in [6, 6.07) is 0.0606. The van der Waals surface area contributed by atoms with Crippen molar-refractivity contribution < 1.29 is 14.4 Å². The Morgan fingerprint density at radius 2 is 2.32 bits per heavy atom. The number of aromatic nitrogens is 1. The van der Waals surface area contributed by atoms with Gasteiger partial charge in [0.25, 0.3) is 0 Å². The molecule has 1 heterocycles. The van der Waals surface area contributed by atoms with E-state index in [0.29, 0.717) is 12.2 Å². The maximum absolute atomic E-state index is 12.1. The first kappa shape index (κ1) is 14.1. The van der Waals surface area contributed by atoms with Crippen molar-refractivity contribution in [1.29, 1.82) is 0 Å². The van der Waals surface area contributed by atoms with E-state index in [2.05, 4.69) is 10.5 Å². The Morgan fingerprint density at radius 3 is 2.89 bits per heavy atom. The zero-order chi connectivity index (χ0) is 14.0. The van der Waals surface area contributed by atoms with Crippen LogP contribution in [-0.2, 0) is 11.2 Å². The van der Waals surface area contributed by atoms with Crippen molar-refractivity contribution in [2.45, 2.75) is 52.5 Å². The minimum atomic E-state index is -0.186. The highest BCUT2D eigenvalue weighted by Crippen LogP contribution is 2.37. The number of carbonyl (C=O) groups is 1. The number of aliphatic hydroxyl groups excluding tert-OH is 1. The van der Waals surface area contributed by atoms with Gasteiger partial charge in [-0.3, -0.25) is 4.79 Å². The Balaban J connectivity index is 1.99. The van der Waals surface area contributed by atoms with E-state index < -0.39 is 0 Å². The molecule has 0 aromatic carbocycles. The van der Waals surface area contributed by atoms with Gasteiger partial charge in [-0.25, -0.2) is 0 Å². The Morgan fingerprint density at radius 1 is 1.58 bits per heavy atom. The Hall–Kier alpha value is -1.36. The van der Waals surface area contributed by atoms with E-state index in [1.165, 1.54) is 0 Å². The van der Waals surface area contributed by atoms with E-state index in [1.54, 1.807) is 0 Å². The van der Waals surface area contributed by atoms with Gasteiger partial charge in [0, 0.05) is 17.0 Å². The highest BCUT2D eigenvalue weighted by Gasteiger charge is 2.39. The van der Waals surface area contributed by atoms with Gasteiger partial charge in [0.15, 0.2) is 0 Å². The summed E-state index contributed by atoms with van der Waals surface area (Å²) >= 11 is 0. The number of hydrogen-bond donors (Lipinski definition) is 2. The average molecular weight is 266 g/mol. The second-order valence-electron chi connectivity index (χ2n) is 5.80. The fourth-order valence-electron chi connectivity index (χ4n) is 2.83. The lowest BCUT2D eigenvalue weighted by Crippen LogP contribution is -2.45. The molecule has 5 heteroatoms. The fourth-order valence-corrected chi connectivity index (χ4v) is 2.83. The van der Waals surface area contributed by atoms with Gasteiger partial charge >= 0.3 is 0 Å². The minimum Gasteiger partial charge on any atom is -0.396 e. The van der Waals surface area contributed by atoms with Crippen molar-refractivity contribution >= 4 is 5.91 Å². The van der Waals surface area contributed by atoms with Crippen LogP contribution in [0.2, 0.25) is 0 Å². The number of nitrogens with zero attached hydrogens (tertiary/aromatic N) is 1. The molecule has 0 saturated heterocycles. The molecule has 106 valence electrons. The standard InChI is InChI=1S/C14H22N2O3/c1-9-11(10(2)19-16-9)7-13(18)15-12-5-4-6-14(12,3)8-17/h12,17H,4-8H2,1-3H3,(H,15,18). The molecule has 1 fully saturated rings. The average Bonchev–Trinajstić information content (AvgIpc) is 2.88. The number of hydrogen-bond acceptors (Lipinski definition) is 4. The van der Waals surface area contributed by atoms with Gasteiger partial charge in [-0.1, -0.05) is 18.5 Å². The summed E-state index contributed by atoms with van der Waals surface area (Å²) in [4.78, 5) is 12.1. The molecule has 0 aliphatic heterocycles. The number of rotatable bonds is 4. The van der Waals surface area contributed by atoms with E-state index in [0.717, 1.165) is 30.5 Å². The van der Waals surface area contributed by atoms with E-state index >= 15 is 0 Å². The van der Waals surface area contributed by atoms with Crippen LogP contribution >= 0.6 is 0 Å². The molecule has 5 nitrogen and oxygen atoms in total. The summed E-state index contributed by atoms with van der Waals surface area (Å²) < 4.78 is 5.06. The molecule has 2 N–H and O–H groups in total. The summed E-state index contributed by atoms with van der Waals surface area (Å²) in [6.07, 6.45) is 3.23. The van der Waals surface area contributed by atoms with E-state index in [4.69, 9.17) is 4.52 Å². The lowest BCUT2D eigenvalue weighted by molar-refractivity contribution is -0.122. The molecule has 0 bridgehead atoms. The van der Waals surface area contributed by atoms with E-state index in [1.807, 2.05) is 20.8 Å². The summed E-state index contributed by atoms with van der Waals surface area (Å²) in [6.45, 7) is 5.80. The van der Waals surface area contributed by atoms with Crippen LogP contribution in [0.15, 0.2) is 4.52 Å². The molecule has 2 unspecified atom stereocenters. The van der Waals surface area contributed by atoms with Gasteiger partial charge in [0.2, 0.25) is 5.91 Å². The topological polar surface area (TPSA) is 75.4 Å². The quantitative estimate of drug-likeness (QED) is 0.866. The molecule has 0 spiro atoms. The SMILES string of the molecule is Cc1noc(C)c1CC(=O)NC1CCCC1(C)CO. The van der Waals surface area contributed by atoms with Crippen LogP contribution in [0.1, 0.15) is 43.2 Å². The number of nitrogens with one attached hydrogen (secondary N) is 1. The van der Waals surface area contributed by atoms with Crippen molar-refractivity contribution in [2.24, 2.45) is 5.41 Å². The van der Waals surface area contributed by atoms with Crippen LogP contribution in [0.5, 0.6) is 0 Å². The van der Waals surface area contributed by atoms with Gasteiger partial charge in [-0.15, -0.1) is 0 Å². The molecule has 2 atom stereocenters. The third-order valence-electron chi connectivity index (χ3n) is 4.30. The number of amides is 1. The molecule has 1 saturated carbocycles. The molecular formula is C14H22N2O3. The largest absolute Gasteiger partial charge is 0.396 e. The zero-order valence-corrected chi connectivity index (χ0v) is 11.8. The number of carbonyl (C=O) groups excluding carboxylic acids is 1. The second-order valence-corrected chi connectivity index (χ2v) is 5.80. The van der Waals surface area contributed by atoms with Crippen LogP contribution in [0.25, 0.3) is 0 Å². The third-order valence-corrected chi connectivity index (χ3v) is 4.30. The van der Waals surface area contributed by atoms with Gasteiger partial charge in [0.05, 0.1) is 18.7 Å². The third kappa shape index (κ3) is 2.81. The van der Waals surface area contributed by atoms with Gasteiger partial charge in [-0.05, 0) is 26.7 Å². The molecule has 1 aliphatic rings. The van der Waals surface area contributed by atoms with E-state index in [-0.39, 0.29) is 24.0 Å². The lowest BCUT2D eigenvalue weighted by Gasteiger charge is -2.30. The normalized spacial score (nSPS) is 26.6. The van der Waals surface area contributed by atoms with Crippen molar-refractivity contribution in [3.05, 3.63) is 17.0 Å². The first-order valence-corrected chi connectivity index (χ1v) is 6.78. The summed E-state index contributed by atoms with van der Waals surface area (Å²) in [7, 11) is 0. The molecule has 1 amide bonds. The minimum absolute atomic E-state index is 0.0269. The Kier molecular flexibility index (Phi) is 3.94. The summed E-state index contributed by atoms with van der Waals surface area (Å²) in [5.41, 5.74) is 1.44. The Bertz CT molecular complexity index is 450. The van der Waals surface area contributed by atoms with Crippen molar-refractivity contribution in [1.82, 2.24) is 10.5 Å². The molecular weight excluding hydrogens is 244 g/mol. The van der Waals surface area contributed by atoms with Crippen LogP contribution < -0.4 is 5.32 Å². The van der Waals surface area contributed by atoms with Crippen molar-refractivity contribution in [3.8, 4) is 0 Å². The highest BCUT2D eigenvalue weighted by molar-refractivity contribution is 5.79. The van der Waals surface area contributed by atoms with Crippen LogP contribution in [0.3, 0.4) is 0 Å². The van der Waals surface area contributed by atoms with Crippen LogP contribution in [0.4, 0.5) is 0 Å². The monoisotopic (exact) mass is 266 g/mol. The smallest absolute Gasteiger partial charge is 0.224 e. The summed E-state index contributed by atoms with van der Waals surface area (Å²) in [5.74, 6) is 0.671. The molecule has 0 radical (unpaired) electrons. The molecule has 1 aliphatic carbocycles. The zero-order valence-electron chi connectivity index (χ0n) is 11.8. The molecule has 19 heavy (non-hydrogen) atoms. The molecule has 1 aromatic heterocycles. The maximum atomic E-state index is 12.1. The van der Waals surface area contributed by atoms with Gasteiger partial charge < -0.3 is 14.9 Å². The number of aliphatic hydroxyl groups is 1. The Labute approximate surface area is 113 Å². The van der Waals surface area contributed by atoms with Crippen LogP contribution in [-0.4, -0.2) is 28.8 Å². The lowest BCUT2D eigenvalue weighted by atomic mass is 9.85. The fraction of sp³-hybridized carbons (Fsp3) is 0.714. The second kappa shape index (κ2) is 5.33. The maximum Gasteiger partial charge on any atom is 0.224 e. The predicted octanol–water partition coefficient (Wildman–Crippen LogP) is 1.50. The summed E-state index contributed by atoms with van der Waals surface area (Å²) in [5, 5.41) is 16.4. The van der Waals surface area contributed by atoms with Gasteiger partial charge in [0.1, 0.15) is 5.76 Å². The highest BCUT2D eigenvalue weighted by atomic mass is 16.5. The number of aryl methyl sites for hydroxylation is 2. The van der Waals surface area contributed by atoms with Crippen molar-refractivity contribution in [2.75, 3.05) is 6.61 Å². The van der Waals surface area contributed by atoms with Crippen LogP contribution in [0, 0.1) is 19.3 Å².